The van der Waals surface area contributed by atoms with E-state index in [1.165, 1.54) is 96.3 Å². The summed E-state index contributed by atoms with van der Waals surface area (Å²) in [6.45, 7) is 0. The second-order valence-electron chi connectivity index (χ2n) is 16.0. The minimum Gasteiger partial charge on any atom is -0.310 e. The van der Waals surface area contributed by atoms with Crippen LogP contribution >= 0.6 is 11.3 Å². The molecule has 0 saturated carbocycles. The maximum absolute atomic E-state index is 2.45. The number of benzene rings is 10. The second kappa shape index (κ2) is 15.0. The largest absolute Gasteiger partial charge is 0.310 e. The predicted octanol–water partition coefficient (Wildman–Crippen LogP) is 17.7. The van der Waals surface area contributed by atoms with Gasteiger partial charge in [0.05, 0.1) is 5.69 Å². The number of anilines is 3. The van der Waals surface area contributed by atoms with Crippen molar-refractivity contribution in [2.45, 2.75) is 0 Å². The molecule has 0 bridgehead atoms. The second-order valence-corrected chi connectivity index (χ2v) is 17.0. The average Bonchev–Trinajstić information content (AvgIpc) is 3.73. The Morgan fingerprint density at radius 1 is 0.274 bits per heavy atom. The minimum absolute atomic E-state index is 1.09. The summed E-state index contributed by atoms with van der Waals surface area (Å²) in [5, 5.41) is 14.9. The Morgan fingerprint density at radius 3 is 1.37 bits per heavy atom. The van der Waals surface area contributed by atoms with E-state index < -0.39 is 0 Å². The van der Waals surface area contributed by atoms with E-state index in [4.69, 9.17) is 0 Å². The molecule has 2 heteroatoms. The number of fused-ring (bicyclic) bond motifs is 14. The molecule has 1 nitrogen and oxygen atoms in total. The third kappa shape index (κ3) is 5.99. The zero-order valence-corrected chi connectivity index (χ0v) is 34.7. The molecular weight excluding hydrogens is 767 g/mol. The van der Waals surface area contributed by atoms with Crippen LogP contribution < -0.4 is 4.90 Å². The quantitative estimate of drug-likeness (QED) is 0.167. The van der Waals surface area contributed by atoms with Crippen molar-refractivity contribution in [1.29, 1.82) is 0 Å². The summed E-state index contributed by atoms with van der Waals surface area (Å²) in [5.41, 5.74) is 8.03. The van der Waals surface area contributed by atoms with Gasteiger partial charge in [-0.15, -0.1) is 11.3 Å². The highest BCUT2D eigenvalue weighted by molar-refractivity contribution is 7.26. The SMILES string of the molecule is c1ccc(-c2ccc(N(c3ccc4c5ccccc5c5ccccc5c5ccccc5c5c(ccc6c7ccccc7sc65)c4c3)c3ccccc3-c3ccccc3)cc2)cc1. The van der Waals surface area contributed by atoms with Crippen molar-refractivity contribution in [3.63, 3.8) is 0 Å². The monoisotopic (exact) mass is 805 g/mol. The Hall–Kier alpha value is -7.78. The number of hydrogen-bond acceptors (Lipinski definition) is 2. The lowest BCUT2D eigenvalue weighted by molar-refractivity contribution is 1.29. The number of para-hydroxylation sites is 1. The van der Waals surface area contributed by atoms with Crippen LogP contribution in [0.2, 0.25) is 0 Å². The van der Waals surface area contributed by atoms with E-state index in [0.717, 1.165) is 17.1 Å². The van der Waals surface area contributed by atoms with E-state index in [2.05, 4.69) is 241 Å². The first-order valence-corrected chi connectivity index (χ1v) is 22.1. The summed E-state index contributed by atoms with van der Waals surface area (Å²) in [7, 11) is 0. The van der Waals surface area contributed by atoms with Crippen LogP contribution in [0, 0.1) is 0 Å². The lowest BCUT2D eigenvalue weighted by Gasteiger charge is -2.28. The van der Waals surface area contributed by atoms with Gasteiger partial charge in [-0.25, -0.2) is 0 Å². The summed E-state index contributed by atoms with van der Waals surface area (Å²) in [4.78, 5) is 2.45. The van der Waals surface area contributed by atoms with Gasteiger partial charge in [-0.3, -0.25) is 0 Å². The van der Waals surface area contributed by atoms with Gasteiger partial charge in [0, 0.05) is 42.5 Å². The van der Waals surface area contributed by atoms with Crippen LogP contribution in [0.1, 0.15) is 0 Å². The molecule has 0 unspecified atom stereocenters. The van der Waals surface area contributed by atoms with Crippen LogP contribution in [-0.2, 0) is 0 Å². The highest BCUT2D eigenvalue weighted by Gasteiger charge is 2.20. The number of nitrogens with zero attached hydrogens (tertiary/aromatic N) is 1. The van der Waals surface area contributed by atoms with Crippen molar-refractivity contribution in [2.24, 2.45) is 0 Å². The maximum atomic E-state index is 2.45. The van der Waals surface area contributed by atoms with Crippen LogP contribution in [-0.4, -0.2) is 0 Å². The van der Waals surface area contributed by atoms with Crippen molar-refractivity contribution >= 4 is 102 Å². The molecule has 0 saturated heterocycles. The van der Waals surface area contributed by atoms with E-state index in [0.29, 0.717) is 0 Å². The Labute approximate surface area is 364 Å². The van der Waals surface area contributed by atoms with Crippen LogP contribution in [0.25, 0.3) is 96.3 Å². The van der Waals surface area contributed by atoms with E-state index in [-0.39, 0.29) is 0 Å². The fourth-order valence-corrected chi connectivity index (χ4v) is 10.9. The van der Waals surface area contributed by atoms with Gasteiger partial charge in [-0.1, -0.05) is 200 Å². The summed E-state index contributed by atoms with van der Waals surface area (Å²) in [6.07, 6.45) is 0. The Bertz CT molecular complexity index is 3740. The van der Waals surface area contributed by atoms with Crippen molar-refractivity contribution in [2.75, 3.05) is 4.90 Å². The van der Waals surface area contributed by atoms with Crippen LogP contribution in [0.3, 0.4) is 0 Å². The van der Waals surface area contributed by atoms with Crippen molar-refractivity contribution in [3.8, 4) is 22.3 Å². The smallest absolute Gasteiger partial charge is 0.0540 e. The highest BCUT2D eigenvalue weighted by atomic mass is 32.1. The van der Waals surface area contributed by atoms with Gasteiger partial charge < -0.3 is 4.90 Å². The van der Waals surface area contributed by atoms with Crippen molar-refractivity contribution < 1.29 is 0 Å². The first kappa shape index (κ1) is 36.1. The summed E-state index contributed by atoms with van der Waals surface area (Å²) in [6, 6.07) is 87.0. The minimum atomic E-state index is 1.09. The molecule has 0 radical (unpaired) electrons. The Balaban J connectivity index is 1.26. The Kier molecular flexibility index (Phi) is 8.76. The van der Waals surface area contributed by atoms with Gasteiger partial charge in [-0.2, -0.15) is 0 Å². The van der Waals surface area contributed by atoms with Crippen molar-refractivity contribution in [1.82, 2.24) is 0 Å². The summed E-state index contributed by atoms with van der Waals surface area (Å²) < 4.78 is 2.61. The lowest BCUT2D eigenvalue weighted by Crippen LogP contribution is -2.11. The molecule has 290 valence electrons. The first-order valence-electron chi connectivity index (χ1n) is 21.3. The molecule has 0 aliphatic heterocycles. The first-order chi connectivity index (χ1) is 30.8. The standard InChI is InChI=1S/C60H39NS/c1-3-17-40(18-4-1)41-31-33-43(34-32-41)61(57-29-15-13-21-45(57)42-19-5-2-6-20-42)44-35-36-51-49-25-10-8-23-47(49)46-22-7-9-24-48(46)50-26-11-12-28-53(50)59-54(56(51)39-44)37-38-55-52-27-14-16-30-58(52)62-60(55)59/h1-39H. The van der Waals surface area contributed by atoms with Gasteiger partial charge in [0.1, 0.15) is 0 Å². The molecule has 0 aliphatic rings. The molecule has 0 atom stereocenters. The molecular formula is C60H39NS. The third-order valence-corrected chi connectivity index (χ3v) is 13.7. The van der Waals surface area contributed by atoms with Gasteiger partial charge in [-0.05, 0) is 102 Å². The van der Waals surface area contributed by atoms with Crippen LogP contribution in [0.5, 0.6) is 0 Å². The van der Waals surface area contributed by atoms with E-state index in [1.807, 2.05) is 11.3 Å². The predicted molar refractivity (Wildman–Crippen MR) is 270 cm³/mol. The maximum Gasteiger partial charge on any atom is 0.0540 e. The van der Waals surface area contributed by atoms with Gasteiger partial charge >= 0.3 is 0 Å². The average molecular weight is 806 g/mol. The highest BCUT2D eigenvalue weighted by Crippen LogP contribution is 2.46. The number of thiophene rings is 1. The molecule has 11 aromatic carbocycles. The van der Waals surface area contributed by atoms with Gasteiger partial charge in [0.2, 0.25) is 0 Å². The number of rotatable bonds is 5. The lowest BCUT2D eigenvalue weighted by atomic mass is 9.93. The molecule has 0 fully saturated rings. The third-order valence-electron chi connectivity index (χ3n) is 12.5. The molecule has 12 aromatic rings. The molecule has 1 aromatic heterocycles. The summed E-state index contributed by atoms with van der Waals surface area (Å²) >= 11 is 1.90. The van der Waals surface area contributed by atoms with Crippen molar-refractivity contribution in [3.05, 3.63) is 237 Å². The number of hydrogen-bond donors (Lipinski definition) is 0. The zero-order chi connectivity index (χ0) is 41.0. The Morgan fingerprint density at radius 2 is 0.710 bits per heavy atom. The van der Waals surface area contributed by atoms with Gasteiger partial charge in [0.25, 0.3) is 0 Å². The summed E-state index contributed by atoms with van der Waals surface area (Å²) in [5.74, 6) is 0. The van der Waals surface area contributed by atoms with E-state index in [9.17, 15) is 0 Å². The van der Waals surface area contributed by atoms with Crippen LogP contribution in [0.4, 0.5) is 17.1 Å². The van der Waals surface area contributed by atoms with Crippen LogP contribution in [0.15, 0.2) is 237 Å². The molecule has 0 amide bonds. The fraction of sp³-hybridized carbons (Fsp3) is 0. The molecule has 1 heterocycles. The van der Waals surface area contributed by atoms with E-state index >= 15 is 0 Å². The molecule has 62 heavy (non-hydrogen) atoms. The molecule has 12 rings (SSSR count). The molecule has 0 N–H and O–H groups in total. The molecule has 0 spiro atoms. The topological polar surface area (TPSA) is 3.24 Å². The zero-order valence-electron chi connectivity index (χ0n) is 33.9. The van der Waals surface area contributed by atoms with Gasteiger partial charge in [0.15, 0.2) is 0 Å². The molecule has 0 aliphatic carbocycles. The fourth-order valence-electron chi connectivity index (χ4n) is 9.64. The van der Waals surface area contributed by atoms with E-state index in [1.54, 1.807) is 0 Å². The normalized spacial score (nSPS) is 11.5.